The third kappa shape index (κ3) is 2.95. The predicted octanol–water partition coefficient (Wildman–Crippen LogP) is 0.992. The third-order valence-corrected chi connectivity index (χ3v) is 2.39. The van der Waals surface area contributed by atoms with Crippen LogP contribution in [0.5, 0.6) is 11.5 Å². The zero-order valence-electron chi connectivity index (χ0n) is 10.3. The number of rotatable bonds is 6. The van der Waals surface area contributed by atoms with E-state index in [-0.39, 0.29) is 12.3 Å². The quantitative estimate of drug-likeness (QED) is 0.750. The van der Waals surface area contributed by atoms with Gasteiger partial charge in [-0.1, -0.05) is 0 Å². The van der Waals surface area contributed by atoms with E-state index in [1.807, 2.05) is 0 Å². The molecular formula is C12H17NO4. The van der Waals surface area contributed by atoms with E-state index in [0.717, 1.165) is 5.56 Å². The molecule has 0 spiro atoms. The third-order valence-electron chi connectivity index (χ3n) is 2.39. The van der Waals surface area contributed by atoms with E-state index >= 15 is 0 Å². The van der Waals surface area contributed by atoms with Crippen molar-refractivity contribution in [3.8, 4) is 11.5 Å². The van der Waals surface area contributed by atoms with E-state index in [9.17, 15) is 4.79 Å². The molecule has 2 N–H and O–H groups in total. The van der Waals surface area contributed by atoms with Crippen LogP contribution >= 0.6 is 0 Å². The number of nitrogens with two attached hydrogens (primary N) is 1. The molecule has 0 amide bonds. The summed E-state index contributed by atoms with van der Waals surface area (Å²) in [6, 6.07) is 3.35. The predicted molar refractivity (Wildman–Crippen MR) is 63.6 cm³/mol. The molecule has 0 fully saturated rings. The SMILES string of the molecule is COCc1cc(C(=O)CN)c(OC)cc1OC. The van der Waals surface area contributed by atoms with Crippen molar-refractivity contribution >= 4 is 5.78 Å². The summed E-state index contributed by atoms with van der Waals surface area (Å²) in [5.41, 5.74) is 6.59. The monoisotopic (exact) mass is 239 g/mol. The van der Waals surface area contributed by atoms with Crippen LogP contribution in [0.1, 0.15) is 15.9 Å². The first-order valence-electron chi connectivity index (χ1n) is 5.15. The molecular weight excluding hydrogens is 222 g/mol. The van der Waals surface area contributed by atoms with Crippen LogP contribution in [0.3, 0.4) is 0 Å². The minimum atomic E-state index is -0.179. The van der Waals surface area contributed by atoms with Gasteiger partial charge >= 0.3 is 0 Å². The zero-order valence-corrected chi connectivity index (χ0v) is 10.3. The van der Waals surface area contributed by atoms with Gasteiger partial charge in [-0.15, -0.1) is 0 Å². The van der Waals surface area contributed by atoms with E-state index in [1.54, 1.807) is 26.4 Å². The Morgan fingerprint density at radius 1 is 1.18 bits per heavy atom. The molecule has 1 aromatic carbocycles. The number of carbonyl (C=O) groups is 1. The summed E-state index contributed by atoms with van der Waals surface area (Å²) in [7, 11) is 4.63. The lowest BCUT2D eigenvalue weighted by Crippen LogP contribution is -2.15. The van der Waals surface area contributed by atoms with Crippen molar-refractivity contribution < 1.29 is 19.0 Å². The first kappa shape index (κ1) is 13.5. The Hall–Kier alpha value is -1.59. The van der Waals surface area contributed by atoms with Crippen molar-refractivity contribution in [2.45, 2.75) is 6.61 Å². The van der Waals surface area contributed by atoms with E-state index in [4.69, 9.17) is 19.9 Å². The molecule has 0 aliphatic carbocycles. The van der Waals surface area contributed by atoms with Crippen LogP contribution < -0.4 is 15.2 Å². The summed E-state index contributed by atoms with van der Waals surface area (Å²) in [5.74, 6) is 0.899. The van der Waals surface area contributed by atoms with Crippen LogP contribution in [0.2, 0.25) is 0 Å². The minimum absolute atomic E-state index is 0.0604. The number of methoxy groups -OCH3 is 3. The summed E-state index contributed by atoms with van der Waals surface area (Å²) in [4.78, 5) is 11.7. The van der Waals surface area contributed by atoms with Gasteiger partial charge in [-0.25, -0.2) is 0 Å². The molecule has 1 aromatic rings. The second kappa shape index (κ2) is 6.22. The first-order valence-corrected chi connectivity index (χ1v) is 5.15. The van der Waals surface area contributed by atoms with E-state index < -0.39 is 0 Å². The smallest absolute Gasteiger partial charge is 0.180 e. The fourth-order valence-electron chi connectivity index (χ4n) is 1.56. The van der Waals surface area contributed by atoms with Gasteiger partial charge < -0.3 is 19.9 Å². The second-order valence-corrected chi connectivity index (χ2v) is 3.42. The highest BCUT2D eigenvalue weighted by atomic mass is 16.5. The van der Waals surface area contributed by atoms with Crippen molar-refractivity contribution in [1.29, 1.82) is 0 Å². The van der Waals surface area contributed by atoms with Crippen LogP contribution in [0.4, 0.5) is 0 Å². The maximum Gasteiger partial charge on any atom is 0.180 e. The molecule has 0 aromatic heterocycles. The largest absolute Gasteiger partial charge is 0.496 e. The van der Waals surface area contributed by atoms with Gasteiger partial charge in [-0.05, 0) is 6.07 Å². The summed E-state index contributed by atoms with van der Waals surface area (Å²) < 4.78 is 15.4. The van der Waals surface area contributed by atoms with Crippen molar-refractivity contribution in [3.05, 3.63) is 23.3 Å². The van der Waals surface area contributed by atoms with E-state index in [2.05, 4.69) is 0 Å². The molecule has 94 valence electrons. The molecule has 0 aliphatic rings. The Labute approximate surface area is 100 Å². The number of hydrogen-bond donors (Lipinski definition) is 1. The topological polar surface area (TPSA) is 70.8 Å². The Balaban J connectivity index is 3.28. The molecule has 5 nitrogen and oxygen atoms in total. The number of ether oxygens (including phenoxy) is 3. The first-order chi connectivity index (χ1) is 8.17. The Morgan fingerprint density at radius 3 is 2.29 bits per heavy atom. The number of hydrogen-bond acceptors (Lipinski definition) is 5. The molecule has 1 rings (SSSR count). The highest BCUT2D eigenvalue weighted by molar-refractivity contribution is 6.00. The maximum absolute atomic E-state index is 11.7. The lowest BCUT2D eigenvalue weighted by molar-refractivity contribution is 0.0998. The van der Waals surface area contributed by atoms with Gasteiger partial charge in [0.1, 0.15) is 11.5 Å². The minimum Gasteiger partial charge on any atom is -0.496 e. The van der Waals surface area contributed by atoms with Crippen LogP contribution in [0.15, 0.2) is 12.1 Å². The summed E-state index contributed by atoms with van der Waals surface area (Å²) >= 11 is 0. The van der Waals surface area contributed by atoms with Crippen LogP contribution in [-0.2, 0) is 11.3 Å². The lowest BCUT2D eigenvalue weighted by atomic mass is 10.0. The fraction of sp³-hybridized carbons (Fsp3) is 0.417. The van der Waals surface area contributed by atoms with Crippen LogP contribution in [-0.4, -0.2) is 33.7 Å². The summed E-state index contributed by atoms with van der Waals surface area (Å²) in [6.07, 6.45) is 0. The number of ketones is 1. The molecule has 0 aliphatic heterocycles. The van der Waals surface area contributed by atoms with Crippen molar-refractivity contribution in [2.75, 3.05) is 27.9 Å². The molecule has 0 radical (unpaired) electrons. The van der Waals surface area contributed by atoms with Gasteiger partial charge in [-0.2, -0.15) is 0 Å². The average molecular weight is 239 g/mol. The van der Waals surface area contributed by atoms with Gasteiger partial charge in [0.25, 0.3) is 0 Å². The Bertz CT molecular complexity index is 404. The lowest BCUT2D eigenvalue weighted by Gasteiger charge is -2.13. The number of carbonyl (C=O) groups excluding carboxylic acids is 1. The standard InChI is InChI=1S/C12H17NO4/c1-15-7-8-4-9(10(14)6-13)12(17-3)5-11(8)16-2/h4-5H,6-7,13H2,1-3H3. The van der Waals surface area contributed by atoms with Crippen LogP contribution in [0, 0.1) is 0 Å². The summed E-state index contributed by atoms with van der Waals surface area (Å²) in [6.45, 7) is 0.299. The van der Waals surface area contributed by atoms with Crippen molar-refractivity contribution in [1.82, 2.24) is 0 Å². The molecule has 0 saturated heterocycles. The highest BCUT2D eigenvalue weighted by Crippen LogP contribution is 2.29. The molecule has 0 saturated carbocycles. The van der Waals surface area contributed by atoms with E-state index in [0.29, 0.717) is 23.7 Å². The van der Waals surface area contributed by atoms with Gasteiger partial charge in [0.05, 0.1) is 32.9 Å². The molecule has 0 bridgehead atoms. The summed E-state index contributed by atoms with van der Waals surface area (Å²) in [5, 5.41) is 0. The number of Topliss-reactive ketones (excluding diaryl/α,β-unsaturated/α-hetero) is 1. The van der Waals surface area contributed by atoms with E-state index in [1.165, 1.54) is 7.11 Å². The highest BCUT2D eigenvalue weighted by Gasteiger charge is 2.15. The van der Waals surface area contributed by atoms with Gasteiger partial charge in [0.15, 0.2) is 5.78 Å². The second-order valence-electron chi connectivity index (χ2n) is 3.42. The molecule has 17 heavy (non-hydrogen) atoms. The molecule has 0 unspecified atom stereocenters. The zero-order chi connectivity index (χ0) is 12.8. The Kier molecular flexibility index (Phi) is 4.93. The van der Waals surface area contributed by atoms with Crippen molar-refractivity contribution in [2.24, 2.45) is 5.73 Å². The maximum atomic E-state index is 11.7. The fourth-order valence-corrected chi connectivity index (χ4v) is 1.56. The Morgan fingerprint density at radius 2 is 1.82 bits per heavy atom. The van der Waals surface area contributed by atoms with Crippen molar-refractivity contribution in [3.63, 3.8) is 0 Å². The number of benzene rings is 1. The normalized spacial score (nSPS) is 10.1. The molecule has 0 heterocycles. The molecule has 0 atom stereocenters. The van der Waals surface area contributed by atoms with Gasteiger partial charge in [0.2, 0.25) is 0 Å². The molecule has 5 heteroatoms. The van der Waals surface area contributed by atoms with Crippen LogP contribution in [0.25, 0.3) is 0 Å². The van der Waals surface area contributed by atoms with Gasteiger partial charge in [0, 0.05) is 18.7 Å². The van der Waals surface area contributed by atoms with Gasteiger partial charge in [-0.3, -0.25) is 4.79 Å². The average Bonchev–Trinajstić information content (AvgIpc) is 2.37.